The third-order valence-corrected chi connectivity index (χ3v) is 4.31. The van der Waals surface area contributed by atoms with Crippen LogP contribution in [0.2, 0.25) is 0 Å². The Labute approximate surface area is 137 Å². The minimum absolute atomic E-state index is 0.128. The van der Waals surface area contributed by atoms with Crippen LogP contribution in [0.5, 0.6) is 0 Å². The minimum atomic E-state index is -0.339. The molecule has 0 radical (unpaired) electrons. The third-order valence-electron chi connectivity index (χ3n) is 4.31. The van der Waals surface area contributed by atoms with Gasteiger partial charge in [-0.2, -0.15) is 0 Å². The average Bonchev–Trinajstić information content (AvgIpc) is 2.58. The summed E-state index contributed by atoms with van der Waals surface area (Å²) in [4.78, 5) is 17.6. The zero-order valence-corrected chi connectivity index (χ0v) is 15.3. The molecule has 0 aliphatic carbocycles. The number of aliphatic hydroxyl groups excluding tert-OH is 1. The lowest BCUT2D eigenvalue weighted by Crippen LogP contribution is -2.44. The first-order valence-corrected chi connectivity index (χ1v) is 8.86. The summed E-state index contributed by atoms with van der Waals surface area (Å²) in [5, 5.41) is 8.56. The van der Waals surface area contributed by atoms with E-state index in [9.17, 15) is 4.79 Å². The van der Waals surface area contributed by atoms with Crippen LogP contribution in [0.1, 0.15) is 40.5 Å². The maximum Gasteiger partial charge on any atom is 0.248 e. The highest BCUT2D eigenvalue weighted by molar-refractivity contribution is 5.77. The zero-order chi connectivity index (χ0) is 17.0. The monoisotopic (exact) mass is 315 g/mol. The van der Waals surface area contributed by atoms with Gasteiger partial charge < -0.3 is 19.8 Å². The predicted octanol–water partition coefficient (Wildman–Crippen LogP) is 1.52. The number of aliphatic hydroxyl groups is 1. The number of hydrogen-bond donors (Lipinski definition) is 1. The number of likely N-dealkylation sites (tertiary alicyclic amines) is 1. The molecule has 2 saturated heterocycles. The Hall–Kier alpha value is -0.650. The number of amides is 1. The molecule has 0 bridgehead atoms. The van der Waals surface area contributed by atoms with Crippen molar-refractivity contribution < 1.29 is 9.90 Å². The van der Waals surface area contributed by atoms with Gasteiger partial charge in [-0.1, -0.05) is 27.7 Å². The number of piperidine rings is 1. The largest absolute Gasteiger partial charge is 0.387 e. The topological polar surface area (TPSA) is 47.0 Å². The summed E-state index contributed by atoms with van der Waals surface area (Å²) in [5.74, 6) is 0.606. The van der Waals surface area contributed by atoms with Crippen LogP contribution in [0.15, 0.2) is 0 Å². The van der Waals surface area contributed by atoms with Gasteiger partial charge in [0, 0.05) is 39.3 Å². The molecule has 5 nitrogen and oxygen atoms in total. The predicted molar refractivity (Wildman–Crippen MR) is 93.0 cm³/mol. The van der Waals surface area contributed by atoms with E-state index in [4.69, 9.17) is 5.11 Å². The van der Waals surface area contributed by atoms with Crippen molar-refractivity contribution in [2.45, 2.75) is 40.5 Å². The highest BCUT2D eigenvalue weighted by Gasteiger charge is 2.18. The van der Waals surface area contributed by atoms with Crippen molar-refractivity contribution in [3.8, 4) is 0 Å². The fourth-order valence-corrected chi connectivity index (χ4v) is 2.52. The maximum absolute atomic E-state index is 10.9. The van der Waals surface area contributed by atoms with Crippen LogP contribution in [-0.2, 0) is 4.79 Å². The van der Waals surface area contributed by atoms with Gasteiger partial charge in [-0.05, 0) is 32.4 Å². The van der Waals surface area contributed by atoms with Crippen LogP contribution >= 0.6 is 0 Å². The Morgan fingerprint density at radius 3 is 1.95 bits per heavy atom. The Bertz CT molecular complexity index is 271. The molecule has 5 heteroatoms. The molecule has 2 fully saturated rings. The molecule has 0 saturated carbocycles. The third kappa shape index (κ3) is 8.71. The highest BCUT2D eigenvalue weighted by atomic mass is 16.3. The molecule has 0 unspecified atom stereocenters. The summed E-state index contributed by atoms with van der Waals surface area (Å²) >= 11 is 0. The van der Waals surface area contributed by atoms with Crippen molar-refractivity contribution >= 4 is 5.91 Å². The number of carbonyl (C=O) groups excluding carboxylic acids is 1. The van der Waals surface area contributed by atoms with Crippen LogP contribution in [-0.4, -0.2) is 85.2 Å². The molecule has 1 amide bonds. The fourth-order valence-electron chi connectivity index (χ4n) is 2.52. The van der Waals surface area contributed by atoms with E-state index in [0.29, 0.717) is 0 Å². The van der Waals surface area contributed by atoms with E-state index in [1.807, 2.05) is 13.8 Å². The second-order valence-electron chi connectivity index (χ2n) is 5.96. The SMILES string of the molecule is CC.CC1CCN(C(=O)CO)CC1.CCN1CCN(C)CC1. The summed E-state index contributed by atoms with van der Waals surface area (Å²) in [6, 6.07) is 0. The molecule has 0 aromatic rings. The van der Waals surface area contributed by atoms with E-state index >= 15 is 0 Å². The smallest absolute Gasteiger partial charge is 0.248 e. The van der Waals surface area contributed by atoms with Gasteiger partial charge in [-0.25, -0.2) is 0 Å². The van der Waals surface area contributed by atoms with Gasteiger partial charge >= 0.3 is 0 Å². The van der Waals surface area contributed by atoms with Crippen LogP contribution in [0.4, 0.5) is 0 Å². The molecule has 132 valence electrons. The van der Waals surface area contributed by atoms with Crippen LogP contribution in [0, 0.1) is 5.92 Å². The molecule has 2 heterocycles. The molecule has 0 spiro atoms. The Balaban J connectivity index is 0.000000366. The van der Waals surface area contributed by atoms with E-state index in [2.05, 4.69) is 30.7 Å². The van der Waals surface area contributed by atoms with Gasteiger partial charge in [-0.3, -0.25) is 4.79 Å². The van der Waals surface area contributed by atoms with Gasteiger partial charge in [0.15, 0.2) is 0 Å². The van der Waals surface area contributed by atoms with Crippen molar-refractivity contribution in [1.29, 1.82) is 0 Å². The summed E-state index contributed by atoms with van der Waals surface area (Å²) in [7, 11) is 2.19. The van der Waals surface area contributed by atoms with Crippen molar-refractivity contribution in [3.63, 3.8) is 0 Å². The first kappa shape index (κ1) is 21.4. The van der Waals surface area contributed by atoms with Crippen molar-refractivity contribution in [2.24, 2.45) is 5.92 Å². The number of hydrogen-bond acceptors (Lipinski definition) is 4. The van der Waals surface area contributed by atoms with Gasteiger partial charge in [0.25, 0.3) is 0 Å². The molecule has 2 rings (SSSR count). The van der Waals surface area contributed by atoms with Crippen LogP contribution in [0.3, 0.4) is 0 Å². The number of nitrogens with zero attached hydrogens (tertiary/aromatic N) is 3. The summed E-state index contributed by atoms with van der Waals surface area (Å²) in [6.45, 7) is 15.9. The standard InChI is InChI=1S/C8H15NO2.C7H16N2.C2H6/c1-7-2-4-9(5-3-7)8(11)6-10;1-3-9-6-4-8(2)5-7-9;1-2/h7,10H,2-6H2,1H3;3-7H2,1-2H3;1-2H3. The quantitative estimate of drug-likeness (QED) is 0.839. The summed E-state index contributed by atoms with van der Waals surface area (Å²) in [5.41, 5.74) is 0. The second kappa shape index (κ2) is 12.9. The van der Waals surface area contributed by atoms with E-state index < -0.39 is 0 Å². The molecule has 1 N–H and O–H groups in total. The van der Waals surface area contributed by atoms with Gasteiger partial charge in [-0.15, -0.1) is 0 Å². The van der Waals surface area contributed by atoms with Crippen molar-refractivity contribution in [2.75, 3.05) is 59.5 Å². The summed E-state index contributed by atoms with van der Waals surface area (Å²) in [6.07, 6.45) is 2.15. The first-order valence-electron chi connectivity index (χ1n) is 8.86. The summed E-state index contributed by atoms with van der Waals surface area (Å²) < 4.78 is 0. The van der Waals surface area contributed by atoms with Crippen LogP contribution in [0.25, 0.3) is 0 Å². The zero-order valence-electron chi connectivity index (χ0n) is 15.3. The number of carbonyl (C=O) groups is 1. The number of likely N-dealkylation sites (N-methyl/N-ethyl adjacent to an activating group) is 2. The minimum Gasteiger partial charge on any atom is -0.387 e. The molecule has 2 aliphatic rings. The van der Waals surface area contributed by atoms with E-state index in [0.717, 1.165) is 31.8 Å². The second-order valence-corrected chi connectivity index (χ2v) is 5.96. The molecular formula is C17H37N3O2. The van der Waals surface area contributed by atoms with E-state index in [1.165, 1.54) is 32.7 Å². The Morgan fingerprint density at radius 1 is 1.05 bits per heavy atom. The molecule has 0 atom stereocenters. The Morgan fingerprint density at radius 2 is 1.55 bits per heavy atom. The lowest BCUT2D eigenvalue weighted by molar-refractivity contribution is -0.135. The Kier molecular flexibility index (Phi) is 12.5. The van der Waals surface area contributed by atoms with Gasteiger partial charge in [0.05, 0.1) is 0 Å². The first-order chi connectivity index (χ1) is 10.6. The van der Waals surface area contributed by atoms with Gasteiger partial charge in [0.1, 0.15) is 6.61 Å². The number of rotatable bonds is 2. The van der Waals surface area contributed by atoms with Crippen molar-refractivity contribution in [1.82, 2.24) is 14.7 Å². The average molecular weight is 316 g/mol. The molecule has 22 heavy (non-hydrogen) atoms. The van der Waals surface area contributed by atoms with E-state index in [-0.39, 0.29) is 12.5 Å². The fraction of sp³-hybridized carbons (Fsp3) is 0.941. The molecule has 2 aliphatic heterocycles. The molecule has 0 aromatic carbocycles. The molecular weight excluding hydrogens is 278 g/mol. The van der Waals surface area contributed by atoms with Crippen molar-refractivity contribution in [3.05, 3.63) is 0 Å². The number of piperazine rings is 1. The van der Waals surface area contributed by atoms with Crippen LogP contribution < -0.4 is 0 Å². The van der Waals surface area contributed by atoms with E-state index in [1.54, 1.807) is 4.90 Å². The lowest BCUT2D eigenvalue weighted by Gasteiger charge is -2.31. The highest BCUT2D eigenvalue weighted by Crippen LogP contribution is 2.15. The maximum atomic E-state index is 10.9. The lowest BCUT2D eigenvalue weighted by atomic mass is 9.99. The normalized spacial score (nSPS) is 20.5. The molecule has 0 aromatic heterocycles. The van der Waals surface area contributed by atoms with Gasteiger partial charge in [0.2, 0.25) is 5.91 Å².